The van der Waals surface area contributed by atoms with Gasteiger partial charge in [-0.3, -0.25) is 0 Å². The summed E-state index contributed by atoms with van der Waals surface area (Å²) < 4.78 is 5.94. The topological polar surface area (TPSA) is 12.5 Å². The summed E-state index contributed by atoms with van der Waals surface area (Å²) in [6.45, 7) is 9.10. The van der Waals surface area contributed by atoms with E-state index in [0.717, 1.165) is 6.04 Å². The SMILES string of the molecule is CC(C)(C)OC1CC(N2CCCC2)C1. The number of likely N-dealkylation sites (tertiary alicyclic amines) is 1. The molecule has 1 aliphatic heterocycles. The largest absolute Gasteiger partial charge is 0.373 e. The molecule has 2 aliphatic rings. The predicted molar refractivity (Wildman–Crippen MR) is 58.5 cm³/mol. The third-order valence-electron chi connectivity index (χ3n) is 3.25. The summed E-state index contributed by atoms with van der Waals surface area (Å²) in [5, 5.41) is 0. The highest BCUT2D eigenvalue weighted by atomic mass is 16.5. The summed E-state index contributed by atoms with van der Waals surface area (Å²) in [6.07, 6.45) is 5.86. The van der Waals surface area contributed by atoms with E-state index in [1.54, 1.807) is 0 Å². The molecule has 14 heavy (non-hydrogen) atoms. The molecule has 0 unspecified atom stereocenters. The summed E-state index contributed by atoms with van der Waals surface area (Å²) in [5.41, 5.74) is 0.0423. The minimum atomic E-state index is 0.0423. The Balaban J connectivity index is 1.69. The van der Waals surface area contributed by atoms with E-state index in [1.807, 2.05) is 0 Å². The Morgan fingerprint density at radius 2 is 1.64 bits per heavy atom. The summed E-state index contributed by atoms with van der Waals surface area (Å²) in [5.74, 6) is 0. The molecular weight excluding hydrogens is 174 g/mol. The normalized spacial score (nSPS) is 34.5. The van der Waals surface area contributed by atoms with Crippen molar-refractivity contribution in [2.75, 3.05) is 13.1 Å². The maximum atomic E-state index is 5.94. The summed E-state index contributed by atoms with van der Waals surface area (Å²) in [6, 6.07) is 0.838. The zero-order valence-corrected chi connectivity index (χ0v) is 9.75. The van der Waals surface area contributed by atoms with Crippen molar-refractivity contribution in [3.05, 3.63) is 0 Å². The molecule has 2 fully saturated rings. The van der Waals surface area contributed by atoms with Crippen LogP contribution in [0.25, 0.3) is 0 Å². The first-order valence-electron chi connectivity index (χ1n) is 5.96. The Labute approximate surface area is 87.6 Å². The fourth-order valence-corrected chi connectivity index (χ4v) is 2.54. The molecule has 0 radical (unpaired) electrons. The van der Waals surface area contributed by atoms with Crippen molar-refractivity contribution in [3.8, 4) is 0 Å². The minimum absolute atomic E-state index is 0.0423. The quantitative estimate of drug-likeness (QED) is 0.674. The molecule has 0 amide bonds. The molecule has 0 aromatic heterocycles. The summed E-state index contributed by atoms with van der Waals surface area (Å²) in [4.78, 5) is 2.64. The molecule has 1 saturated carbocycles. The molecule has 1 saturated heterocycles. The molecule has 0 aromatic rings. The zero-order chi connectivity index (χ0) is 10.2. The van der Waals surface area contributed by atoms with E-state index < -0.39 is 0 Å². The van der Waals surface area contributed by atoms with Crippen LogP contribution < -0.4 is 0 Å². The first-order valence-corrected chi connectivity index (χ1v) is 5.96. The van der Waals surface area contributed by atoms with Gasteiger partial charge in [0, 0.05) is 6.04 Å². The molecule has 2 nitrogen and oxygen atoms in total. The minimum Gasteiger partial charge on any atom is -0.373 e. The Hall–Kier alpha value is -0.0800. The Morgan fingerprint density at radius 3 is 2.14 bits per heavy atom. The van der Waals surface area contributed by atoms with E-state index >= 15 is 0 Å². The van der Waals surface area contributed by atoms with Crippen molar-refractivity contribution < 1.29 is 4.74 Å². The molecule has 2 rings (SSSR count). The lowest BCUT2D eigenvalue weighted by molar-refractivity contribution is -0.117. The van der Waals surface area contributed by atoms with E-state index in [1.165, 1.54) is 38.8 Å². The third kappa shape index (κ3) is 2.48. The van der Waals surface area contributed by atoms with Gasteiger partial charge in [0.25, 0.3) is 0 Å². The molecule has 82 valence electrons. The average molecular weight is 197 g/mol. The van der Waals surface area contributed by atoms with Gasteiger partial charge in [0.1, 0.15) is 0 Å². The molecule has 0 bridgehead atoms. The molecule has 0 spiro atoms. The number of hydrogen-bond donors (Lipinski definition) is 0. The molecule has 0 atom stereocenters. The van der Waals surface area contributed by atoms with E-state index in [9.17, 15) is 0 Å². The molecule has 1 aliphatic carbocycles. The van der Waals surface area contributed by atoms with Gasteiger partial charge in [0.2, 0.25) is 0 Å². The van der Waals surface area contributed by atoms with Gasteiger partial charge in [-0.25, -0.2) is 0 Å². The molecule has 2 heteroatoms. The van der Waals surface area contributed by atoms with Crippen LogP contribution in [0.1, 0.15) is 46.5 Å². The molecular formula is C12H23NO. The maximum absolute atomic E-state index is 5.94. The second-order valence-corrected chi connectivity index (χ2v) is 5.72. The van der Waals surface area contributed by atoms with Crippen molar-refractivity contribution in [1.82, 2.24) is 4.90 Å². The van der Waals surface area contributed by atoms with Crippen LogP contribution in [0.4, 0.5) is 0 Å². The van der Waals surface area contributed by atoms with Crippen molar-refractivity contribution in [2.45, 2.75) is 64.2 Å². The second-order valence-electron chi connectivity index (χ2n) is 5.72. The Kier molecular flexibility index (Phi) is 2.85. The highest BCUT2D eigenvalue weighted by Crippen LogP contribution is 2.32. The van der Waals surface area contributed by atoms with Crippen LogP contribution in [0.5, 0.6) is 0 Å². The van der Waals surface area contributed by atoms with Gasteiger partial charge in [0.05, 0.1) is 11.7 Å². The van der Waals surface area contributed by atoms with E-state index in [-0.39, 0.29) is 5.60 Å². The summed E-state index contributed by atoms with van der Waals surface area (Å²) >= 11 is 0. The fraction of sp³-hybridized carbons (Fsp3) is 1.00. The van der Waals surface area contributed by atoms with E-state index in [2.05, 4.69) is 25.7 Å². The number of rotatable bonds is 2. The Morgan fingerprint density at radius 1 is 1.07 bits per heavy atom. The lowest BCUT2D eigenvalue weighted by Crippen LogP contribution is -2.48. The monoisotopic (exact) mass is 197 g/mol. The first-order chi connectivity index (χ1) is 6.54. The number of nitrogens with zero attached hydrogens (tertiary/aromatic N) is 1. The lowest BCUT2D eigenvalue weighted by Gasteiger charge is -2.43. The van der Waals surface area contributed by atoms with Crippen molar-refractivity contribution >= 4 is 0 Å². The van der Waals surface area contributed by atoms with Crippen LogP contribution in [-0.4, -0.2) is 35.7 Å². The van der Waals surface area contributed by atoms with E-state index in [4.69, 9.17) is 4.74 Å². The van der Waals surface area contributed by atoms with E-state index in [0.29, 0.717) is 6.10 Å². The van der Waals surface area contributed by atoms with Gasteiger partial charge in [0.15, 0.2) is 0 Å². The van der Waals surface area contributed by atoms with Gasteiger partial charge in [-0.15, -0.1) is 0 Å². The van der Waals surface area contributed by atoms with Gasteiger partial charge >= 0.3 is 0 Å². The lowest BCUT2D eigenvalue weighted by atomic mass is 9.87. The van der Waals surface area contributed by atoms with Crippen LogP contribution >= 0.6 is 0 Å². The highest BCUT2D eigenvalue weighted by Gasteiger charge is 2.37. The van der Waals surface area contributed by atoms with Gasteiger partial charge in [-0.2, -0.15) is 0 Å². The van der Waals surface area contributed by atoms with Crippen LogP contribution in [0.15, 0.2) is 0 Å². The summed E-state index contributed by atoms with van der Waals surface area (Å²) in [7, 11) is 0. The van der Waals surface area contributed by atoms with Crippen LogP contribution in [-0.2, 0) is 4.74 Å². The smallest absolute Gasteiger partial charge is 0.0612 e. The van der Waals surface area contributed by atoms with Crippen LogP contribution in [0.3, 0.4) is 0 Å². The fourth-order valence-electron chi connectivity index (χ4n) is 2.54. The van der Waals surface area contributed by atoms with Gasteiger partial charge in [-0.05, 0) is 59.5 Å². The van der Waals surface area contributed by atoms with Gasteiger partial charge in [-0.1, -0.05) is 0 Å². The standard InChI is InChI=1S/C12H23NO/c1-12(2,3)14-11-8-10(9-11)13-6-4-5-7-13/h10-11H,4-9H2,1-3H3. The average Bonchev–Trinajstić information content (AvgIpc) is 2.45. The Bertz CT molecular complexity index is 185. The first kappa shape index (κ1) is 10.4. The van der Waals surface area contributed by atoms with Crippen molar-refractivity contribution in [1.29, 1.82) is 0 Å². The number of ether oxygens (including phenoxy) is 1. The van der Waals surface area contributed by atoms with Crippen molar-refractivity contribution in [2.24, 2.45) is 0 Å². The van der Waals surface area contributed by atoms with Gasteiger partial charge < -0.3 is 9.64 Å². The molecule has 0 aromatic carbocycles. The highest BCUT2D eigenvalue weighted by molar-refractivity contribution is 4.90. The predicted octanol–water partition coefficient (Wildman–Crippen LogP) is 2.43. The second kappa shape index (κ2) is 3.82. The molecule has 1 heterocycles. The van der Waals surface area contributed by atoms with Crippen LogP contribution in [0, 0.1) is 0 Å². The molecule has 0 N–H and O–H groups in total. The maximum Gasteiger partial charge on any atom is 0.0612 e. The van der Waals surface area contributed by atoms with Crippen molar-refractivity contribution in [3.63, 3.8) is 0 Å². The number of hydrogen-bond acceptors (Lipinski definition) is 2. The zero-order valence-electron chi connectivity index (χ0n) is 9.75. The van der Waals surface area contributed by atoms with Crippen LogP contribution in [0.2, 0.25) is 0 Å². The third-order valence-corrected chi connectivity index (χ3v) is 3.25.